The fourth-order valence-corrected chi connectivity index (χ4v) is 10.3. The number of para-hydroxylation sites is 1. The lowest BCUT2D eigenvalue weighted by Gasteiger charge is -2.37. The SMILES string of the molecule is C[C@@H]1[C@@H]([Si](C)(C)O)[C@H](CC(=O)N2Cc3ccccc3C[C@H]2CO)O[C@@]12C(=O)N(c1ccccc1)c1ccc(Br)cc12. The van der Waals surface area contributed by atoms with Crippen LogP contribution in [0.25, 0.3) is 0 Å². The summed E-state index contributed by atoms with van der Waals surface area (Å²) in [6, 6.07) is 22.9. The minimum atomic E-state index is -2.94. The summed E-state index contributed by atoms with van der Waals surface area (Å²) in [5, 5.41) is 10.2. The highest BCUT2D eigenvalue weighted by Gasteiger charge is 2.66. The van der Waals surface area contributed by atoms with Gasteiger partial charge in [0.05, 0.1) is 30.9 Å². The molecule has 1 saturated heterocycles. The number of carbonyl (C=O) groups is 2. The van der Waals surface area contributed by atoms with Crippen LogP contribution in [0.5, 0.6) is 0 Å². The van der Waals surface area contributed by atoms with Gasteiger partial charge in [-0.3, -0.25) is 14.5 Å². The Labute approximate surface area is 250 Å². The number of aliphatic hydroxyl groups is 1. The van der Waals surface area contributed by atoms with Crippen molar-refractivity contribution in [2.24, 2.45) is 5.92 Å². The van der Waals surface area contributed by atoms with Crippen molar-refractivity contribution in [1.29, 1.82) is 0 Å². The Balaban J connectivity index is 1.38. The van der Waals surface area contributed by atoms with Gasteiger partial charge in [-0.1, -0.05) is 65.3 Å². The van der Waals surface area contributed by atoms with Crippen LogP contribution >= 0.6 is 15.9 Å². The van der Waals surface area contributed by atoms with E-state index in [9.17, 15) is 19.5 Å². The topological polar surface area (TPSA) is 90.3 Å². The van der Waals surface area contributed by atoms with Crippen LogP contribution in [0.1, 0.15) is 30.0 Å². The first kappa shape index (κ1) is 28.3. The molecule has 1 spiro atoms. The van der Waals surface area contributed by atoms with Gasteiger partial charge >= 0.3 is 0 Å². The van der Waals surface area contributed by atoms with Crippen molar-refractivity contribution in [3.8, 4) is 0 Å². The average Bonchev–Trinajstić information content (AvgIpc) is 3.38. The molecule has 0 unspecified atom stereocenters. The molecule has 3 aromatic rings. The number of amides is 2. The second kappa shape index (κ2) is 10.5. The molecule has 3 aromatic carbocycles. The van der Waals surface area contributed by atoms with E-state index in [1.54, 1.807) is 9.80 Å². The van der Waals surface area contributed by atoms with E-state index < -0.39 is 20.0 Å². The maximum Gasteiger partial charge on any atom is 0.268 e. The molecule has 41 heavy (non-hydrogen) atoms. The lowest BCUT2D eigenvalue weighted by Crippen LogP contribution is -2.48. The van der Waals surface area contributed by atoms with Crippen molar-refractivity contribution in [1.82, 2.24) is 4.90 Å². The molecule has 2 amide bonds. The van der Waals surface area contributed by atoms with Crippen molar-refractivity contribution in [2.75, 3.05) is 11.5 Å². The summed E-state index contributed by atoms with van der Waals surface area (Å²) in [5.74, 6) is -0.726. The first-order chi connectivity index (χ1) is 19.6. The fourth-order valence-electron chi connectivity index (χ4n) is 7.34. The van der Waals surface area contributed by atoms with Crippen LogP contribution in [0.3, 0.4) is 0 Å². The molecular formula is C32H35BrN2O5Si. The van der Waals surface area contributed by atoms with Crippen molar-refractivity contribution >= 4 is 47.4 Å². The summed E-state index contributed by atoms with van der Waals surface area (Å²) in [7, 11) is -2.94. The van der Waals surface area contributed by atoms with E-state index >= 15 is 0 Å². The predicted molar refractivity (Wildman–Crippen MR) is 163 cm³/mol. The van der Waals surface area contributed by atoms with Crippen molar-refractivity contribution in [3.05, 3.63) is 94.0 Å². The minimum Gasteiger partial charge on any atom is -0.432 e. The van der Waals surface area contributed by atoms with Gasteiger partial charge < -0.3 is 19.5 Å². The lowest BCUT2D eigenvalue weighted by atomic mass is 9.82. The van der Waals surface area contributed by atoms with Gasteiger partial charge in [0, 0.05) is 33.7 Å². The second-order valence-corrected chi connectivity index (χ2v) is 16.9. The predicted octanol–water partition coefficient (Wildman–Crippen LogP) is 5.26. The Morgan fingerprint density at radius 2 is 1.76 bits per heavy atom. The van der Waals surface area contributed by atoms with E-state index in [0.29, 0.717) is 13.0 Å². The van der Waals surface area contributed by atoms with Gasteiger partial charge in [-0.05, 0) is 61.0 Å². The largest absolute Gasteiger partial charge is 0.432 e. The smallest absolute Gasteiger partial charge is 0.268 e. The standard InChI is InChI=1S/C32H35BrN2O5Si/c1-20-30(41(2,3)39)28(17-29(37)34-18-22-10-8-7-9-21(22)15-25(34)19-36)40-32(20)26-16-23(33)13-14-27(26)35(31(32)38)24-11-5-4-6-12-24/h4-14,16,20,25,28,30,36,39H,15,17-19H2,1-3H3/t20-,25+,28+,30-,32+/m1/s1. The molecular weight excluding hydrogens is 600 g/mol. The summed E-state index contributed by atoms with van der Waals surface area (Å²) < 4.78 is 7.68. The molecule has 9 heteroatoms. The van der Waals surface area contributed by atoms with Crippen LogP contribution in [0, 0.1) is 5.92 Å². The number of rotatable bonds is 5. The number of hydrogen-bond acceptors (Lipinski definition) is 5. The molecule has 0 aromatic heterocycles. The van der Waals surface area contributed by atoms with Gasteiger partial charge in [0.15, 0.2) is 13.9 Å². The number of ether oxygens (including phenoxy) is 1. The number of benzene rings is 3. The number of nitrogens with zero attached hydrogens (tertiary/aromatic N) is 2. The quantitative estimate of drug-likeness (QED) is 0.374. The molecule has 1 fully saturated rings. The van der Waals surface area contributed by atoms with Crippen molar-refractivity contribution < 1.29 is 24.2 Å². The van der Waals surface area contributed by atoms with Gasteiger partial charge in [-0.15, -0.1) is 0 Å². The van der Waals surface area contributed by atoms with Crippen LogP contribution in [-0.2, 0) is 32.9 Å². The molecule has 214 valence electrons. The second-order valence-electron chi connectivity index (χ2n) is 12.0. The van der Waals surface area contributed by atoms with Gasteiger partial charge in [-0.25, -0.2) is 0 Å². The number of aliphatic hydroxyl groups excluding tert-OH is 1. The highest BCUT2D eigenvalue weighted by molar-refractivity contribution is 9.10. The Bertz CT molecular complexity index is 1490. The monoisotopic (exact) mass is 634 g/mol. The highest BCUT2D eigenvalue weighted by atomic mass is 79.9. The average molecular weight is 636 g/mol. The summed E-state index contributed by atoms with van der Waals surface area (Å²) in [5.41, 5.74) is 2.72. The highest BCUT2D eigenvalue weighted by Crippen LogP contribution is 2.61. The Morgan fingerprint density at radius 3 is 2.44 bits per heavy atom. The van der Waals surface area contributed by atoms with E-state index in [4.69, 9.17) is 4.74 Å². The van der Waals surface area contributed by atoms with Crippen molar-refractivity contribution in [2.45, 2.75) is 62.7 Å². The molecule has 2 N–H and O–H groups in total. The van der Waals surface area contributed by atoms with Crippen LogP contribution in [0.2, 0.25) is 18.6 Å². The molecule has 3 heterocycles. The van der Waals surface area contributed by atoms with E-state index in [2.05, 4.69) is 15.9 Å². The molecule has 0 aliphatic carbocycles. The van der Waals surface area contributed by atoms with Crippen LogP contribution in [0.4, 0.5) is 11.4 Å². The normalized spacial score (nSPS) is 27.3. The van der Waals surface area contributed by atoms with E-state index in [1.807, 2.05) is 92.8 Å². The van der Waals surface area contributed by atoms with Crippen molar-refractivity contribution in [3.63, 3.8) is 0 Å². The first-order valence-electron chi connectivity index (χ1n) is 14.1. The molecule has 6 rings (SSSR count). The molecule has 0 bridgehead atoms. The summed E-state index contributed by atoms with van der Waals surface area (Å²) in [6.45, 7) is 5.97. The number of hydrogen-bond donors (Lipinski definition) is 2. The van der Waals surface area contributed by atoms with Gasteiger partial charge in [0.1, 0.15) is 0 Å². The Morgan fingerprint density at radius 1 is 1.07 bits per heavy atom. The van der Waals surface area contributed by atoms with E-state index in [0.717, 1.165) is 32.5 Å². The third-order valence-corrected chi connectivity index (χ3v) is 12.1. The maximum absolute atomic E-state index is 14.5. The summed E-state index contributed by atoms with van der Waals surface area (Å²) in [6.07, 6.45) is -0.0546. The summed E-state index contributed by atoms with van der Waals surface area (Å²) >= 11 is 3.59. The zero-order chi connectivity index (χ0) is 29.1. The van der Waals surface area contributed by atoms with Crippen LogP contribution in [0.15, 0.2) is 77.3 Å². The molecule has 0 saturated carbocycles. The van der Waals surface area contributed by atoms with Crippen LogP contribution < -0.4 is 4.90 Å². The number of carbonyl (C=O) groups excluding carboxylic acids is 2. The zero-order valence-corrected chi connectivity index (χ0v) is 26.0. The minimum absolute atomic E-state index is 0.0222. The van der Waals surface area contributed by atoms with E-state index in [1.165, 1.54) is 0 Å². The molecule has 0 radical (unpaired) electrons. The number of halogens is 1. The lowest BCUT2D eigenvalue weighted by molar-refractivity contribution is -0.150. The van der Waals surface area contributed by atoms with Gasteiger partial charge in [0.25, 0.3) is 5.91 Å². The van der Waals surface area contributed by atoms with Gasteiger partial charge in [0.2, 0.25) is 5.91 Å². The molecule has 7 nitrogen and oxygen atoms in total. The Kier molecular flexibility index (Phi) is 7.23. The van der Waals surface area contributed by atoms with E-state index in [-0.39, 0.29) is 42.3 Å². The zero-order valence-electron chi connectivity index (χ0n) is 23.5. The third kappa shape index (κ3) is 4.58. The molecule has 3 aliphatic rings. The number of fused-ring (bicyclic) bond motifs is 3. The fraction of sp³-hybridized carbons (Fsp3) is 0.375. The third-order valence-electron chi connectivity index (χ3n) is 9.13. The van der Waals surface area contributed by atoms with Crippen LogP contribution in [-0.4, -0.2) is 53.7 Å². The number of anilines is 2. The Hall–Kier alpha value is -2.82. The molecule has 5 atom stereocenters. The van der Waals surface area contributed by atoms with Gasteiger partial charge in [-0.2, -0.15) is 0 Å². The maximum atomic E-state index is 14.5. The first-order valence-corrected chi connectivity index (χ1v) is 17.9. The summed E-state index contributed by atoms with van der Waals surface area (Å²) in [4.78, 5) is 43.5. The molecule has 3 aliphatic heterocycles.